The summed E-state index contributed by atoms with van der Waals surface area (Å²) in [6.45, 7) is 18.1. The van der Waals surface area contributed by atoms with Crippen molar-refractivity contribution < 1.29 is 9.53 Å². The largest absolute Gasteiger partial charge is 0.495 e. The summed E-state index contributed by atoms with van der Waals surface area (Å²) in [4.78, 5) is 22.2. The van der Waals surface area contributed by atoms with Crippen molar-refractivity contribution in [3.63, 3.8) is 0 Å². The lowest BCUT2D eigenvalue weighted by Crippen LogP contribution is -2.50. The minimum atomic E-state index is -0.0381. The Morgan fingerprint density at radius 3 is 1.89 bits per heavy atom. The van der Waals surface area contributed by atoms with Crippen LogP contribution in [0.4, 0.5) is 21.9 Å². The molecule has 0 spiro atoms. The molecule has 4 rings (SSSR count). The van der Waals surface area contributed by atoms with E-state index in [2.05, 4.69) is 61.7 Å². The Kier molecular flexibility index (Phi) is 7.45. The molecule has 7 nitrogen and oxygen atoms in total. The third-order valence-corrected chi connectivity index (χ3v) is 8.12. The van der Waals surface area contributed by atoms with Crippen molar-refractivity contribution in [1.82, 2.24) is 9.80 Å². The number of rotatable bonds is 4. The van der Waals surface area contributed by atoms with Gasteiger partial charge in [-0.05, 0) is 87.7 Å². The molecule has 2 fully saturated rings. The number of likely N-dealkylation sites (N-methyl/N-ethyl adjacent to an activating group) is 1. The van der Waals surface area contributed by atoms with Crippen molar-refractivity contribution in [1.29, 1.82) is 0 Å². The van der Waals surface area contributed by atoms with Gasteiger partial charge in [0, 0.05) is 63.7 Å². The van der Waals surface area contributed by atoms with Gasteiger partial charge in [0.15, 0.2) is 0 Å². The molecule has 2 aliphatic heterocycles. The lowest BCUT2D eigenvalue weighted by Gasteiger charge is -2.38. The smallest absolute Gasteiger partial charge is 0.321 e. The highest BCUT2D eigenvalue weighted by Gasteiger charge is 2.25. The number of nitrogens with one attached hydrogen (secondary N) is 1. The maximum atomic E-state index is 13.1. The van der Waals surface area contributed by atoms with Gasteiger partial charge in [-0.3, -0.25) is 0 Å². The van der Waals surface area contributed by atoms with Gasteiger partial charge in [0.05, 0.1) is 12.8 Å². The summed E-state index contributed by atoms with van der Waals surface area (Å²) >= 11 is 0. The van der Waals surface area contributed by atoms with Crippen molar-refractivity contribution in [2.45, 2.75) is 34.6 Å². The van der Waals surface area contributed by atoms with Crippen LogP contribution in [-0.2, 0) is 0 Å². The Bertz CT molecular complexity index is 1050. The first-order valence-corrected chi connectivity index (χ1v) is 12.7. The molecule has 2 aromatic carbocycles. The molecule has 0 radical (unpaired) electrons. The third kappa shape index (κ3) is 5.06. The average Bonchev–Trinajstić information content (AvgIpc) is 2.87. The second-order valence-corrected chi connectivity index (χ2v) is 10.1. The van der Waals surface area contributed by atoms with Crippen LogP contribution in [0.1, 0.15) is 27.8 Å². The highest BCUT2D eigenvalue weighted by atomic mass is 16.5. The number of ether oxygens (including phenoxy) is 1. The molecule has 1 N–H and O–H groups in total. The number of benzene rings is 2. The Labute approximate surface area is 210 Å². The lowest BCUT2D eigenvalue weighted by atomic mass is 9.92. The molecule has 0 bridgehead atoms. The predicted octanol–water partition coefficient (Wildman–Crippen LogP) is 4.34. The first-order valence-electron chi connectivity index (χ1n) is 12.7. The SMILES string of the molecule is COc1ccc(NC(=O)N2CCN(c3c(C)c(C)c(C)c(C)c3C)CC2)cc1N1CCN(C)CC1. The van der Waals surface area contributed by atoms with Gasteiger partial charge >= 0.3 is 6.03 Å². The molecular formula is C28H41N5O2. The highest BCUT2D eigenvalue weighted by molar-refractivity contribution is 5.90. The molecule has 2 aliphatic rings. The van der Waals surface area contributed by atoms with E-state index in [1.807, 2.05) is 23.1 Å². The summed E-state index contributed by atoms with van der Waals surface area (Å²) in [6.07, 6.45) is 0. The Morgan fingerprint density at radius 2 is 1.31 bits per heavy atom. The lowest BCUT2D eigenvalue weighted by molar-refractivity contribution is 0.208. The van der Waals surface area contributed by atoms with Crippen LogP contribution in [0, 0.1) is 34.6 Å². The summed E-state index contributed by atoms with van der Waals surface area (Å²) in [6, 6.07) is 5.89. The Balaban J connectivity index is 1.42. The fraction of sp³-hybridized carbons (Fsp3) is 0.536. The standard InChI is InChI=1S/C28H41N5O2/c1-19-20(2)22(4)27(23(5)21(19)3)32-14-16-33(17-15-32)28(34)29-24-8-9-26(35-7)25(18-24)31-12-10-30(6)11-13-31/h8-9,18H,10-17H2,1-7H3,(H,29,34). The maximum Gasteiger partial charge on any atom is 0.321 e. The number of amides is 2. The number of piperazine rings is 2. The maximum absolute atomic E-state index is 13.1. The van der Waals surface area contributed by atoms with Crippen molar-refractivity contribution >= 4 is 23.1 Å². The van der Waals surface area contributed by atoms with Gasteiger partial charge in [0.25, 0.3) is 0 Å². The van der Waals surface area contributed by atoms with Crippen LogP contribution in [0.25, 0.3) is 0 Å². The number of nitrogens with zero attached hydrogens (tertiary/aromatic N) is 4. The summed E-state index contributed by atoms with van der Waals surface area (Å²) in [5.41, 5.74) is 10.0. The van der Waals surface area contributed by atoms with Crippen molar-refractivity contribution in [2.24, 2.45) is 0 Å². The number of methoxy groups -OCH3 is 1. The molecule has 0 atom stereocenters. The molecule has 2 heterocycles. The summed E-state index contributed by atoms with van der Waals surface area (Å²) < 4.78 is 5.61. The number of carbonyl (C=O) groups excluding carboxylic acids is 1. The zero-order valence-electron chi connectivity index (χ0n) is 22.5. The van der Waals surface area contributed by atoms with Crippen LogP contribution in [0.2, 0.25) is 0 Å². The zero-order chi connectivity index (χ0) is 25.3. The van der Waals surface area contributed by atoms with E-state index >= 15 is 0 Å². The minimum Gasteiger partial charge on any atom is -0.495 e. The van der Waals surface area contributed by atoms with E-state index in [0.717, 1.165) is 56.4 Å². The van der Waals surface area contributed by atoms with E-state index in [0.29, 0.717) is 13.1 Å². The molecule has 2 amide bonds. The van der Waals surface area contributed by atoms with Gasteiger partial charge in [-0.25, -0.2) is 4.79 Å². The molecule has 7 heteroatoms. The first-order chi connectivity index (χ1) is 16.7. The second kappa shape index (κ2) is 10.4. The molecule has 190 valence electrons. The minimum absolute atomic E-state index is 0.0381. The predicted molar refractivity (Wildman–Crippen MR) is 146 cm³/mol. The van der Waals surface area contributed by atoms with E-state index in [9.17, 15) is 4.79 Å². The van der Waals surface area contributed by atoms with Crippen molar-refractivity contribution in [3.8, 4) is 5.75 Å². The normalized spacial score (nSPS) is 17.1. The van der Waals surface area contributed by atoms with Gasteiger partial charge in [0.2, 0.25) is 0 Å². The monoisotopic (exact) mass is 479 g/mol. The van der Waals surface area contributed by atoms with E-state index in [-0.39, 0.29) is 6.03 Å². The van der Waals surface area contributed by atoms with Crippen LogP contribution < -0.4 is 19.9 Å². The Hall–Kier alpha value is -2.93. The third-order valence-electron chi connectivity index (χ3n) is 8.12. The molecule has 2 aromatic rings. The average molecular weight is 480 g/mol. The molecule has 0 aromatic heterocycles. The number of hydrogen-bond acceptors (Lipinski definition) is 5. The van der Waals surface area contributed by atoms with Crippen molar-refractivity contribution in [3.05, 3.63) is 46.0 Å². The van der Waals surface area contributed by atoms with Gasteiger partial charge in [0.1, 0.15) is 5.75 Å². The highest BCUT2D eigenvalue weighted by Crippen LogP contribution is 2.34. The molecule has 0 aliphatic carbocycles. The van der Waals surface area contributed by atoms with Gasteiger partial charge in [-0.15, -0.1) is 0 Å². The van der Waals surface area contributed by atoms with Gasteiger partial charge < -0.3 is 29.7 Å². The number of anilines is 3. The van der Waals surface area contributed by atoms with Crippen LogP contribution in [0.3, 0.4) is 0 Å². The number of urea groups is 1. The zero-order valence-corrected chi connectivity index (χ0v) is 22.5. The summed E-state index contributed by atoms with van der Waals surface area (Å²) in [5, 5.41) is 3.13. The number of hydrogen-bond donors (Lipinski definition) is 1. The fourth-order valence-electron chi connectivity index (χ4n) is 5.35. The van der Waals surface area contributed by atoms with E-state index in [1.165, 1.54) is 33.5 Å². The molecule has 0 saturated carbocycles. The molecular weight excluding hydrogens is 438 g/mol. The quantitative estimate of drug-likeness (QED) is 0.707. The van der Waals surface area contributed by atoms with Crippen molar-refractivity contribution in [2.75, 3.05) is 81.6 Å². The molecule has 35 heavy (non-hydrogen) atoms. The van der Waals surface area contributed by atoms with Crippen LogP contribution >= 0.6 is 0 Å². The fourth-order valence-corrected chi connectivity index (χ4v) is 5.35. The summed E-state index contributed by atoms with van der Waals surface area (Å²) in [5.74, 6) is 0.843. The van der Waals surface area contributed by atoms with E-state index in [1.54, 1.807) is 7.11 Å². The van der Waals surface area contributed by atoms with Crippen LogP contribution in [-0.4, -0.2) is 82.3 Å². The topological polar surface area (TPSA) is 51.3 Å². The summed E-state index contributed by atoms with van der Waals surface area (Å²) in [7, 11) is 3.85. The first kappa shape index (κ1) is 25.2. The Morgan fingerprint density at radius 1 is 0.771 bits per heavy atom. The van der Waals surface area contributed by atoms with Gasteiger partial charge in [-0.2, -0.15) is 0 Å². The second-order valence-electron chi connectivity index (χ2n) is 10.1. The molecule has 0 unspecified atom stereocenters. The van der Waals surface area contributed by atoms with Gasteiger partial charge in [-0.1, -0.05) is 0 Å². The molecule has 2 saturated heterocycles. The van der Waals surface area contributed by atoms with Crippen LogP contribution in [0.5, 0.6) is 5.75 Å². The van der Waals surface area contributed by atoms with Crippen LogP contribution in [0.15, 0.2) is 18.2 Å². The number of carbonyl (C=O) groups is 1. The van der Waals surface area contributed by atoms with E-state index < -0.39 is 0 Å². The van der Waals surface area contributed by atoms with E-state index in [4.69, 9.17) is 4.74 Å².